The van der Waals surface area contributed by atoms with Crippen LogP contribution in [0.1, 0.15) is 39.1 Å². The van der Waals surface area contributed by atoms with E-state index in [1.165, 1.54) is 0 Å². The standard InChI is InChI=1S/C30H36O14/c31-12-18-22(34)23(35)25(37)30(42-18)44-27-19(13-32)43-29(26(38)24(27)36)41-11-4-3-10-40-28(39)17-9-5-8-16-20(17)14-6-1-2-7-15(14)21(16)33/h1-2,5-9,18-19,22-27,29-32,34-38H,3-4,10-13H2/t18-,19-,22-,23+,24-,25-,26-,27-,29-,30-/m1/s1. The zero-order valence-corrected chi connectivity index (χ0v) is 23.5. The molecule has 2 aliphatic heterocycles. The summed E-state index contributed by atoms with van der Waals surface area (Å²) in [4.78, 5) is 25.6. The third-order valence-corrected chi connectivity index (χ3v) is 7.98. The molecule has 14 nitrogen and oxygen atoms in total. The van der Waals surface area contributed by atoms with Gasteiger partial charge in [-0.25, -0.2) is 4.79 Å². The molecule has 10 atom stereocenters. The van der Waals surface area contributed by atoms with Crippen molar-refractivity contribution in [1.29, 1.82) is 0 Å². The van der Waals surface area contributed by atoms with Crippen LogP contribution in [0.25, 0.3) is 11.1 Å². The van der Waals surface area contributed by atoms with Crippen LogP contribution in [0.5, 0.6) is 0 Å². The number of hydrogen-bond acceptors (Lipinski definition) is 14. The summed E-state index contributed by atoms with van der Waals surface area (Å²) in [5.74, 6) is -0.715. The van der Waals surface area contributed by atoms with Crippen molar-refractivity contribution in [3.8, 4) is 11.1 Å². The van der Waals surface area contributed by atoms with Crippen molar-refractivity contribution >= 4 is 11.8 Å². The Morgan fingerprint density at radius 1 is 0.705 bits per heavy atom. The molecule has 7 N–H and O–H groups in total. The second-order valence-electron chi connectivity index (χ2n) is 10.8. The summed E-state index contributed by atoms with van der Waals surface area (Å²) < 4.78 is 27.4. The quantitative estimate of drug-likeness (QED) is 0.0956. The number of aliphatic hydroxyl groups is 7. The molecule has 2 saturated heterocycles. The first-order valence-electron chi connectivity index (χ1n) is 14.3. The maximum Gasteiger partial charge on any atom is 0.338 e. The summed E-state index contributed by atoms with van der Waals surface area (Å²) in [7, 11) is 0. The summed E-state index contributed by atoms with van der Waals surface area (Å²) >= 11 is 0. The van der Waals surface area contributed by atoms with Gasteiger partial charge in [0.2, 0.25) is 0 Å². The first-order chi connectivity index (χ1) is 21.2. The summed E-state index contributed by atoms with van der Waals surface area (Å²) in [6, 6.07) is 12.0. The highest BCUT2D eigenvalue weighted by atomic mass is 16.7. The predicted octanol–water partition coefficient (Wildman–Crippen LogP) is -1.52. The third-order valence-electron chi connectivity index (χ3n) is 7.98. The van der Waals surface area contributed by atoms with E-state index in [4.69, 9.17) is 23.7 Å². The minimum Gasteiger partial charge on any atom is -0.462 e. The molecule has 0 amide bonds. The zero-order chi connectivity index (χ0) is 31.5. The summed E-state index contributed by atoms with van der Waals surface area (Å²) in [6.07, 6.45) is -14.6. The molecule has 14 heteroatoms. The van der Waals surface area contributed by atoms with Gasteiger partial charge < -0.3 is 59.4 Å². The molecule has 0 aromatic heterocycles. The van der Waals surface area contributed by atoms with E-state index in [-0.39, 0.29) is 19.0 Å². The van der Waals surface area contributed by atoms with Crippen molar-refractivity contribution in [2.45, 2.75) is 74.3 Å². The van der Waals surface area contributed by atoms with Gasteiger partial charge in [-0.1, -0.05) is 36.4 Å². The Balaban J connectivity index is 1.09. The first-order valence-corrected chi connectivity index (χ1v) is 14.3. The predicted molar refractivity (Wildman–Crippen MR) is 147 cm³/mol. The van der Waals surface area contributed by atoms with Crippen LogP contribution in [-0.4, -0.2) is 135 Å². The Morgan fingerprint density at radius 2 is 1.34 bits per heavy atom. The average molecular weight is 621 g/mol. The fourth-order valence-electron chi connectivity index (χ4n) is 5.59. The molecule has 2 aromatic rings. The lowest BCUT2D eigenvalue weighted by Crippen LogP contribution is -2.64. The Kier molecular flexibility index (Phi) is 10.4. The second kappa shape index (κ2) is 14.1. The zero-order valence-electron chi connectivity index (χ0n) is 23.5. The molecular weight excluding hydrogens is 584 g/mol. The number of esters is 1. The number of carbonyl (C=O) groups excluding carboxylic acids is 2. The minimum absolute atomic E-state index is 0.0327. The maximum absolute atomic E-state index is 12.9. The highest BCUT2D eigenvalue weighted by Gasteiger charge is 2.50. The molecule has 3 aliphatic rings. The van der Waals surface area contributed by atoms with Crippen molar-refractivity contribution in [2.75, 3.05) is 26.4 Å². The lowest BCUT2D eigenvalue weighted by molar-refractivity contribution is -0.359. The molecule has 2 fully saturated rings. The van der Waals surface area contributed by atoms with Crippen LogP contribution in [0.3, 0.4) is 0 Å². The molecular formula is C30H36O14. The molecule has 44 heavy (non-hydrogen) atoms. The van der Waals surface area contributed by atoms with Gasteiger partial charge in [0.25, 0.3) is 0 Å². The molecule has 0 saturated carbocycles. The molecule has 2 heterocycles. The van der Waals surface area contributed by atoms with E-state index in [0.717, 1.165) is 0 Å². The van der Waals surface area contributed by atoms with Crippen molar-refractivity contribution in [3.63, 3.8) is 0 Å². The molecule has 240 valence electrons. The number of ether oxygens (including phenoxy) is 5. The summed E-state index contributed by atoms with van der Waals surface area (Å²) in [5.41, 5.74) is 2.51. The number of aliphatic hydroxyl groups excluding tert-OH is 7. The lowest BCUT2D eigenvalue weighted by Gasteiger charge is -2.45. The van der Waals surface area contributed by atoms with E-state index in [9.17, 15) is 45.3 Å². The van der Waals surface area contributed by atoms with E-state index < -0.39 is 80.6 Å². The van der Waals surface area contributed by atoms with Crippen LogP contribution >= 0.6 is 0 Å². The SMILES string of the molecule is O=C(OCCCCO[C@@H]1O[C@H](CO)[C@@H](O[C@H]2O[C@H](CO)[C@@H](O)[C@H](O)[C@H]2O)[C@H](O)[C@H]1O)c1cccc2c1-c1ccccc1C2=O. The summed E-state index contributed by atoms with van der Waals surface area (Å²) in [5, 5.41) is 70.6. The Labute approximate surface area is 251 Å². The van der Waals surface area contributed by atoms with Crippen molar-refractivity contribution < 1.29 is 69.0 Å². The molecule has 2 aromatic carbocycles. The smallest absolute Gasteiger partial charge is 0.338 e. The van der Waals surface area contributed by atoms with Gasteiger partial charge in [-0.05, 0) is 24.5 Å². The minimum atomic E-state index is -1.76. The van der Waals surface area contributed by atoms with Crippen LogP contribution in [0, 0.1) is 0 Å². The van der Waals surface area contributed by atoms with Crippen molar-refractivity contribution in [2.24, 2.45) is 0 Å². The van der Waals surface area contributed by atoms with Gasteiger partial charge in [0.1, 0.15) is 48.8 Å². The molecule has 5 rings (SSSR count). The van der Waals surface area contributed by atoms with E-state index in [0.29, 0.717) is 40.7 Å². The Bertz CT molecular complexity index is 1310. The average Bonchev–Trinajstić information content (AvgIpc) is 3.33. The van der Waals surface area contributed by atoms with Gasteiger partial charge in [-0.3, -0.25) is 4.79 Å². The molecule has 0 spiro atoms. The van der Waals surface area contributed by atoms with Gasteiger partial charge in [0, 0.05) is 23.3 Å². The number of benzene rings is 2. The number of fused-ring (bicyclic) bond motifs is 3. The number of carbonyl (C=O) groups is 2. The van der Waals surface area contributed by atoms with Crippen LogP contribution in [0.4, 0.5) is 0 Å². The number of unbranched alkanes of at least 4 members (excludes halogenated alkanes) is 1. The van der Waals surface area contributed by atoms with Gasteiger partial charge in [0.05, 0.1) is 25.4 Å². The van der Waals surface area contributed by atoms with Crippen molar-refractivity contribution in [1.82, 2.24) is 0 Å². The van der Waals surface area contributed by atoms with Crippen LogP contribution < -0.4 is 0 Å². The summed E-state index contributed by atoms with van der Waals surface area (Å²) in [6.45, 7) is -1.29. The monoisotopic (exact) mass is 620 g/mol. The van der Waals surface area contributed by atoms with Crippen LogP contribution in [0.15, 0.2) is 42.5 Å². The van der Waals surface area contributed by atoms with E-state index in [1.807, 2.05) is 0 Å². The second-order valence-corrected chi connectivity index (χ2v) is 10.8. The van der Waals surface area contributed by atoms with Gasteiger partial charge in [-0.15, -0.1) is 0 Å². The van der Waals surface area contributed by atoms with Crippen molar-refractivity contribution in [3.05, 3.63) is 59.2 Å². The van der Waals surface area contributed by atoms with E-state index in [2.05, 4.69) is 0 Å². The van der Waals surface area contributed by atoms with E-state index >= 15 is 0 Å². The van der Waals surface area contributed by atoms with Gasteiger partial charge in [0.15, 0.2) is 18.4 Å². The van der Waals surface area contributed by atoms with E-state index in [1.54, 1.807) is 42.5 Å². The van der Waals surface area contributed by atoms with Crippen LogP contribution in [0.2, 0.25) is 0 Å². The normalized spacial score (nSPS) is 33.1. The largest absolute Gasteiger partial charge is 0.462 e. The molecule has 0 radical (unpaired) electrons. The van der Waals surface area contributed by atoms with Crippen LogP contribution in [-0.2, 0) is 23.7 Å². The molecule has 0 unspecified atom stereocenters. The van der Waals surface area contributed by atoms with Gasteiger partial charge in [-0.2, -0.15) is 0 Å². The number of ketones is 1. The highest BCUT2D eigenvalue weighted by Crippen LogP contribution is 2.39. The molecule has 0 bridgehead atoms. The lowest BCUT2D eigenvalue weighted by atomic mass is 9.97. The fourth-order valence-corrected chi connectivity index (χ4v) is 5.59. The Morgan fingerprint density at radius 3 is 2.07 bits per heavy atom. The van der Waals surface area contributed by atoms with Gasteiger partial charge >= 0.3 is 5.97 Å². The maximum atomic E-state index is 12.9. The topological polar surface area (TPSA) is 222 Å². The Hall–Kier alpha value is -2.86. The first kappa shape index (κ1) is 32.5. The number of rotatable bonds is 11. The third kappa shape index (κ3) is 6.29. The highest BCUT2D eigenvalue weighted by molar-refractivity contribution is 6.24. The fraction of sp³-hybridized carbons (Fsp3) is 0.533. The molecule has 1 aliphatic carbocycles. The number of hydrogen-bond donors (Lipinski definition) is 7.